The van der Waals surface area contributed by atoms with Crippen LogP contribution in [-0.2, 0) is 0 Å². The number of hydrogen-bond donors (Lipinski definition) is 2. The highest BCUT2D eigenvalue weighted by molar-refractivity contribution is 7.99. The number of amides is 2. The van der Waals surface area contributed by atoms with Crippen molar-refractivity contribution in [3.8, 4) is 11.6 Å². The lowest BCUT2D eigenvalue weighted by molar-refractivity contribution is 0.248. The second-order valence-electron chi connectivity index (χ2n) is 6.69. The molecule has 0 radical (unpaired) electrons. The zero-order chi connectivity index (χ0) is 22.0. The predicted octanol–water partition coefficient (Wildman–Crippen LogP) is 4.75. The number of nitrogens with one attached hydrogen (secondary N) is 2. The van der Waals surface area contributed by atoms with Gasteiger partial charge in [-0.2, -0.15) is 21.9 Å². The third-order valence-electron chi connectivity index (χ3n) is 4.17. The maximum absolute atomic E-state index is 12.4. The number of thioether (sulfide) groups is 1. The molecule has 0 spiro atoms. The van der Waals surface area contributed by atoms with Gasteiger partial charge < -0.3 is 10.1 Å². The molecule has 0 aliphatic carbocycles. The van der Waals surface area contributed by atoms with E-state index in [-0.39, 0.29) is 33.2 Å². The molecule has 0 saturated carbocycles. The van der Waals surface area contributed by atoms with Crippen LogP contribution in [-0.4, -0.2) is 33.9 Å². The van der Waals surface area contributed by atoms with Crippen molar-refractivity contribution in [2.24, 2.45) is 5.10 Å². The third-order valence-corrected chi connectivity index (χ3v) is 5.29. The van der Waals surface area contributed by atoms with Crippen LogP contribution in [0, 0.1) is 0 Å². The molecule has 2 amide bonds. The fourth-order valence-corrected chi connectivity index (χ4v) is 3.72. The number of urea groups is 1. The Morgan fingerprint density at radius 1 is 1.23 bits per heavy atom. The number of rotatable bonds is 6. The molecule has 1 aromatic heterocycles. The number of allylic oxidation sites excluding steroid dienone is 1. The summed E-state index contributed by atoms with van der Waals surface area (Å²) in [7, 11) is 0. The van der Waals surface area contributed by atoms with E-state index in [2.05, 4.69) is 27.2 Å². The molecule has 0 saturated heterocycles. The highest BCUT2D eigenvalue weighted by Crippen LogP contribution is 2.40. The summed E-state index contributed by atoms with van der Waals surface area (Å²) < 4.78 is 5.71. The van der Waals surface area contributed by atoms with Gasteiger partial charge in [-0.3, -0.25) is 4.79 Å². The van der Waals surface area contributed by atoms with E-state index >= 15 is 0 Å². The van der Waals surface area contributed by atoms with Crippen LogP contribution < -0.4 is 20.6 Å². The van der Waals surface area contributed by atoms with E-state index < -0.39 is 6.03 Å². The second kappa shape index (κ2) is 9.11. The van der Waals surface area contributed by atoms with Crippen LogP contribution in [0.5, 0.6) is 11.6 Å². The molecule has 0 fully saturated rings. The fraction of sp³-hybridized carbons (Fsp3) is 0.263. The summed E-state index contributed by atoms with van der Waals surface area (Å²) in [6.07, 6.45) is 1.92. The van der Waals surface area contributed by atoms with E-state index in [1.807, 2.05) is 20.1 Å². The summed E-state index contributed by atoms with van der Waals surface area (Å²) in [6.45, 7) is 7.57. The number of ether oxygens (including phenoxy) is 1. The van der Waals surface area contributed by atoms with Gasteiger partial charge in [-0.15, -0.1) is 5.10 Å². The summed E-state index contributed by atoms with van der Waals surface area (Å²) in [6, 6.07) is 4.07. The van der Waals surface area contributed by atoms with Crippen molar-refractivity contribution in [1.82, 2.24) is 15.5 Å². The number of hydrazone groups is 1. The molecule has 158 valence electrons. The number of hydrogen-bond acceptors (Lipinski definition) is 6. The molecule has 2 aromatic rings. The number of anilines is 1. The number of benzene rings is 1. The van der Waals surface area contributed by atoms with Gasteiger partial charge in [0.2, 0.25) is 5.88 Å². The highest BCUT2D eigenvalue weighted by atomic mass is 35.5. The Morgan fingerprint density at radius 3 is 2.50 bits per heavy atom. The van der Waals surface area contributed by atoms with Gasteiger partial charge in [0.1, 0.15) is 0 Å². The molecule has 30 heavy (non-hydrogen) atoms. The van der Waals surface area contributed by atoms with Gasteiger partial charge in [-0.25, -0.2) is 9.89 Å². The van der Waals surface area contributed by atoms with Gasteiger partial charge in [-0.05, 0) is 24.3 Å². The Morgan fingerprint density at radius 2 is 1.90 bits per heavy atom. The number of halogens is 2. The van der Waals surface area contributed by atoms with Gasteiger partial charge in [0.25, 0.3) is 5.56 Å². The van der Waals surface area contributed by atoms with Crippen molar-refractivity contribution in [3.05, 3.63) is 56.4 Å². The smallest absolute Gasteiger partial charge is 0.347 e. The average Bonchev–Trinajstić information content (AvgIpc) is 2.67. The van der Waals surface area contributed by atoms with Crippen LogP contribution in [0.4, 0.5) is 10.5 Å². The second-order valence-corrected chi connectivity index (χ2v) is 8.37. The quantitative estimate of drug-likeness (QED) is 0.637. The van der Waals surface area contributed by atoms with Crippen LogP contribution in [0.1, 0.15) is 25.3 Å². The minimum Gasteiger partial charge on any atom is -0.434 e. The van der Waals surface area contributed by atoms with E-state index in [1.165, 1.54) is 18.2 Å². The molecule has 0 unspecified atom stereocenters. The molecular formula is C19H19Cl2N5O3S. The number of aromatic amines is 1. The number of H-pyrrole nitrogens is 1. The van der Waals surface area contributed by atoms with Crippen molar-refractivity contribution in [3.63, 3.8) is 0 Å². The third kappa shape index (κ3) is 4.63. The number of aromatic nitrogens is 2. The first kappa shape index (κ1) is 22.2. The summed E-state index contributed by atoms with van der Waals surface area (Å²) >= 11 is 14.3. The van der Waals surface area contributed by atoms with E-state index in [1.54, 1.807) is 11.8 Å². The lowest BCUT2D eigenvalue weighted by Crippen LogP contribution is -2.43. The zero-order valence-electron chi connectivity index (χ0n) is 16.5. The summed E-state index contributed by atoms with van der Waals surface area (Å²) in [4.78, 5) is 24.2. The van der Waals surface area contributed by atoms with Crippen LogP contribution in [0.25, 0.3) is 0 Å². The maximum atomic E-state index is 12.4. The van der Waals surface area contributed by atoms with Gasteiger partial charge in [0, 0.05) is 17.4 Å². The van der Waals surface area contributed by atoms with Crippen LogP contribution in [0.3, 0.4) is 0 Å². The Bertz CT molecular complexity index is 1080. The van der Waals surface area contributed by atoms with Crippen molar-refractivity contribution in [2.75, 3.05) is 17.0 Å². The molecule has 1 aliphatic heterocycles. The lowest BCUT2D eigenvalue weighted by atomic mass is 10.1. The molecule has 8 nitrogen and oxygen atoms in total. The number of carbonyl (C=O) groups excluding carboxylic acids is 1. The van der Waals surface area contributed by atoms with Crippen LogP contribution >= 0.6 is 35.0 Å². The van der Waals surface area contributed by atoms with Crippen molar-refractivity contribution in [2.45, 2.75) is 19.8 Å². The minimum atomic E-state index is -0.477. The highest BCUT2D eigenvalue weighted by Gasteiger charge is 2.26. The Labute approximate surface area is 187 Å². The summed E-state index contributed by atoms with van der Waals surface area (Å²) in [5.41, 5.74) is 1.67. The molecule has 0 atom stereocenters. The SMILES string of the molecule is C=C1NC(=O)N(c2cc(Cl)c(Oc3cc(C(C)C)c(=O)[nH]n3)c(Cl)c2)N=C1CSC. The number of nitrogens with zero attached hydrogens (tertiary/aromatic N) is 3. The van der Waals surface area contributed by atoms with Crippen LogP contribution in [0.2, 0.25) is 10.0 Å². The Kier molecular flexibility index (Phi) is 6.74. The molecule has 2 N–H and O–H groups in total. The predicted molar refractivity (Wildman–Crippen MR) is 121 cm³/mol. The van der Waals surface area contributed by atoms with Crippen molar-refractivity contribution in [1.29, 1.82) is 0 Å². The monoisotopic (exact) mass is 467 g/mol. The standard InChI is InChI=1S/C19H19Cl2N5O3S/c1-9(2)12-7-16(23-24-18(12)27)29-17-13(20)5-11(6-14(17)21)26-19(28)22-10(3)15(25-26)8-30-4/h5-7,9H,3,8H2,1-2,4H3,(H,22,28)(H,24,27). The largest absolute Gasteiger partial charge is 0.434 e. The Balaban J connectivity index is 1.95. The van der Waals surface area contributed by atoms with Gasteiger partial charge >= 0.3 is 6.03 Å². The molecule has 1 aliphatic rings. The fourth-order valence-electron chi connectivity index (χ4n) is 2.66. The molecule has 1 aromatic carbocycles. The first-order valence-electron chi connectivity index (χ1n) is 8.84. The normalized spacial score (nSPS) is 14.1. The minimum absolute atomic E-state index is 0.0203. The average molecular weight is 468 g/mol. The number of carbonyl (C=O) groups is 1. The summed E-state index contributed by atoms with van der Waals surface area (Å²) in [5.74, 6) is 0.843. The van der Waals surface area contributed by atoms with Crippen LogP contribution in [0.15, 0.2) is 40.4 Å². The van der Waals surface area contributed by atoms with Gasteiger partial charge in [0.05, 0.1) is 27.1 Å². The van der Waals surface area contributed by atoms with Gasteiger partial charge in [0.15, 0.2) is 5.75 Å². The topological polar surface area (TPSA) is 99.7 Å². The molecule has 11 heteroatoms. The van der Waals surface area contributed by atoms with E-state index in [4.69, 9.17) is 27.9 Å². The first-order chi connectivity index (χ1) is 14.2. The lowest BCUT2D eigenvalue weighted by Gasteiger charge is -2.26. The molecule has 0 bridgehead atoms. The van der Waals surface area contributed by atoms with Gasteiger partial charge in [-0.1, -0.05) is 43.6 Å². The molecule has 3 rings (SSSR count). The first-order valence-corrected chi connectivity index (χ1v) is 11.0. The Hall–Kier alpha value is -2.49. The maximum Gasteiger partial charge on any atom is 0.347 e. The zero-order valence-corrected chi connectivity index (χ0v) is 18.8. The van der Waals surface area contributed by atoms with E-state index in [0.29, 0.717) is 28.4 Å². The van der Waals surface area contributed by atoms with Crippen molar-refractivity contribution < 1.29 is 9.53 Å². The van der Waals surface area contributed by atoms with E-state index in [0.717, 1.165) is 5.01 Å². The van der Waals surface area contributed by atoms with E-state index in [9.17, 15) is 9.59 Å². The molecular weight excluding hydrogens is 449 g/mol. The summed E-state index contributed by atoms with van der Waals surface area (Å²) in [5, 5.41) is 14.7. The molecule has 2 heterocycles. The van der Waals surface area contributed by atoms with Crippen molar-refractivity contribution >= 4 is 52.4 Å².